The van der Waals surface area contributed by atoms with Gasteiger partial charge in [0.2, 0.25) is 0 Å². The zero-order chi connectivity index (χ0) is 14.6. The van der Waals surface area contributed by atoms with E-state index in [0.717, 1.165) is 38.3 Å². The van der Waals surface area contributed by atoms with Gasteiger partial charge in [0.25, 0.3) is 0 Å². The molecule has 2 N–H and O–H groups in total. The molecule has 0 radical (unpaired) electrons. The van der Waals surface area contributed by atoms with Crippen molar-refractivity contribution < 1.29 is 9.84 Å². The zero-order valence-electron chi connectivity index (χ0n) is 12.7. The van der Waals surface area contributed by atoms with Gasteiger partial charge >= 0.3 is 0 Å². The Kier molecular flexibility index (Phi) is 9.04. The highest BCUT2D eigenvalue weighted by Gasteiger charge is 2.07. The number of hydrogen-bond donors (Lipinski definition) is 2. The van der Waals surface area contributed by atoms with Gasteiger partial charge in [0.1, 0.15) is 5.75 Å². The summed E-state index contributed by atoms with van der Waals surface area (Å²) < 4.78 is 5.60. The van der Waals surface area contributed by atoms with Crippen molar-refractivity contribution in [3.8, 4) is 5.75 Å². The molecule has 1 atom stereocenters. The van der Waals surface area contributed by atoms with Gasteiger partial charge < -0.3 is 20.1 Å². The average Bonchev–Trinajstić information content (AvgIpc) is 2.49. The molecular formula is C16H28N2O2. The largest absolute Gasteiger partial charge is 0.494 e. The van der Waals surface area contributed by atoms with Gasteiger partial charge in [-0.25, -0.2) is 0 Å². The molecule has 0 fully saturated rings. The maximum atomic E-state index is 9.88. The number of nitrogens with one attached hydrogen (secondary N) is 1. The summed E-state index contributed by atoms with van der Waals surface area (Å²) in [5.41, 5.74) is 0. The van der Waals surface area contributed by atoms with E-state index in [2.05, 4.69) is 24.1 Å². The van der Waals surface area contributed by atoms with Crippen molar-refractivity contribution in [1.29, 1.82) is 0 Å². The van der Waals surface area contributed by atoms with Gasteiger partial charge in [-0.15, -0.1) is 0 Å². The van der Waals surface area contributed by atoms with E-state index in [-0.39, 0.29) is 6.10 Å². The van der Waals surface area contributed by atoms with E-state index in [4.69, 9.17) is 4.74 Å². The lowest BCUT2D eigenvalue weighted by atomic mass is 10.3. The summed E-state index contributed by atoms with van der Waals surface area (Å²) in [6, 6.07) is 9.84. The highest BCUT2D eigenvalue weighted by Crippen LogP contribution is 2.07. The molecule has 20 heavy (non-hydrogen) atoms. The minimum Gasteiger partial charge on any atom is -0.494 e. The first-order valence-electron chi connectivity index (χ1n) is 7.55. The number of para-hydroxylation sites is 1. The van der Waals surface area contributed by atoms with Crippen LogP contribution in [0, 0.1) is 0 Å². The number of rotatable bonds is 11. The first-order chi connectivity index (χ1) is 9.76. The third-order valence-corrected chi connectivity index (χ3v) is 3.25. The monoisotopic (exact) mass is 280 g/mol. The molecule has 0 aliphatic heterocycles. The Hall–Kier alpha value is -1.10. The Morgan fingerprint density at radius 1 is 1.20 bits per heavy atom. The lowest BCUT2D eigenvalue weighted by Crippen LogP contribution is -2.38. The van der Waals surface area contributed by atoms with Gasteiger partial charge in [0.05, 0.1) is 12.7 Å². The van der Waals surface area contributed by atoms with Crippen molar-refractivity contribution in [3.05, 3.63) is 30.3 Å². The summed E-state index contributed by atoms with van der Waals surface area (Å²) in [7, 11) is 0. The highest BCUT2D eigenvalue weighted by molar-refractivity contribution is 5.20. The fraction of sp³-hybridized carbons (Fsp3) is 0.625. The quantitative estimate of drug-likeness (QED) is 0.606. The van der Waals surface area contributed by atoms with Crippen molar-refractivity contribution in [2.45, 2.75) is 26.4 Å². The summed E-state index contributed by atoms with van der Waals surface area (Å²) in [6.07, 6.45) is 0.636. The molecule has 0 aliphatic carbocycles. The molecule has 1 aromatic carbocycles. The summed E-state index contributed by atoms with van der Waals surface area (Å²) in [4.78, 5) is 2.23. The Morgan fingerprint density at radius 2 is 1.90 bits per heavy atom. The lowest BCUT2D eigenvalue weighted by molar-refractivity contribution is 0.116. The second kappa shape index (κ2) is 10.7. The predicted molar refractivity (Wildman–Crippen MR) is 83.2 cm³/mol. The van der Waals surface area contributed by atoms with Gasteiger partial charge in [0.15, 0.2) is 0 Å². The van der Waals surface area contributed by atoms with E-state index in [0.29, 0.717) is 13.2 Å². The van der Waals surface area contributed by atoms with Crippen LogP contribution >= 0.6 is 0 Å². The van der Waals surface area contributed by atoms with Crippen LogP contribution < -0.4 is 10.1 Å². The van der Waals surface area contributed by atoms with Crippen LogP contribution in [0.3, 0.4) is 0 Å². The van der Waals surface area contributed by atoms with E-state index in [1.807, 2.05) is 30.3 Å². The second-order valence-corrected chi connectivity index (χ2v) is 4.86. The number of nitrogens with zero attached hydrogens (tertiary/aromatic N) is 1. The molecule has 0 saturated heterocycles. The fourth-order valence-corrected chi connectivity index (χ4v) is 2.02. The van der Waals surface area contributed by atoms with Crippen molar-refractivity contribution >= 4 is 0 Å². The number of ether oxygens (including phenoxy) is 1. The molecule has 1 aromatic rings. The molecule has 0 saturated carbocycles. The molecule has 114 valence electrons. The van der Waals surface area contributed by atoms with E-state index in [9.17, 15) is 5.11 Å². The van der Waals surface area contributed by atoms with Crippen LogP contribution in [-0.4, -0.2) is 55.4 Å². The van der Waals surface area contributed by atoms with Crippen LogP contribution in [-0.2, 0) is 0 Å². The molecule has 1 unspecified atom stereocenters. The number of likely N-dealkylation sites (N-methyl/N-ethyl adjacent to an activating group) is 1. The Balaban J connectivity index is 1.99. The highest BCUT2D eigenvalue weighted by atomic mass is 16.5. The lowest BCUT2D eigenvalue weighted by Gasteiger charge is -2.22. The molecule has 0 aliphatic rings. The van der Waals surface area contributed by atoms with Gasteiger partial charge in [0, 0.05) is 13.1 Å². The number of benzene rings is 1. The Bertz CT molecular complexity index is 329. The van der Waals surface area contributed by atoms with Crippen molar-refractivity contribution in [2.75, 3.05) is 39.3 Å². The fourth-order valence-electron chi connectivity index (χ4n) is 2.02. The Morgan fingerprint density at radius 3 is 2.55 bits per heavy atom. The van der Waals surface area contributed by atoms with Crippen LogP contribution in [0.25, 0.3) is 0 Å². The Labute approximate surface area is 122 Å². The van der Waals surface area contributed by atoms with Crippen molar-refractivity contribution in [3.63, 3.8) is 0 Å². The standard InChI is InChI=1S/C16H28N2O2/c1-3-18(4-2)14-15(19)13-17-11-8-12-20-16-9-6-5-7-10-16/h5-7,9-10,15,17,19H,3-4,8,11-14H2,1-2H3. The van der Waals surface area contributed by atoms with Gasteiger partial charge in [-0.05, 0) is 38.2 Å². The molecule has 1 rings (SSSR count). The van der Waals surface area contributed by atoms with Crippen LogP contribution in [0.4, 0.5) is 0 Å². The van der Waals surface area contributed by atoms with Crippen molar-refractivity contribution in [1.82, 2.24) is 10.2 Å². The molecule has 0 spiro atoms. The van der Waals surface area contributed by atoms with Crippen LogP contribution in [0.2, 0.25) is 0 Å². The summed E-state index contributed by atoms with van der Waals surface area (Å²) in [6.45, 7) is 9.14. The normalized spacial score (nSPS) is 12.6. The first-order valence-corrected chi connectivity index (χ1v) is 7.55. The van der Waals surface area contributed by atoms with Crippen LogP contribution in [0.5, 0.6) is 5.75 Å². The third-order valence-electron chi connectivity index (χ3n) is 3.25. The SMILES string of the molecule is CCN(CC)CC(O)CNCCCOc1ccccc1. The zero-order valence-corrected chi connectivity index (χ0v) is 12.7. The number of aliphatic hydroxyl groups is 1. The first kappa shape index (κ1) is 17.0. The van der Waals surface area contributed by atoms with E-state index >= 15 is 0 Å². The maximum Gasteiger partial charge on any atom is 0.119 e. The van der Waals surface area contributed by atoms with Crippen LogP contribution in [0.15, 0.2) is 30.3 Å². The van der Waals surface area contributed by atoms with Crippen molar-refractivity contribution in [2.24, 2.45) is 0 Å². The van der Waals surface area contributed by atoms with Gasteiger partial charge in [-0.2, -0.15) is 0 Å². The number of hydrogen-bond acceptors (Lipinski definition) is 4. The molecular weight excluding hydrogens is 252 g/mol. The summed E-state index contributed by atoms with van der Waals surface area (Å²) in [5.74, 6) is 0.911. The van der Waals surface area contributed by atoms with Crippen LogP contribution in [0.1, 0.15) is 20.3 Å². The molecule has 4 nitrogen and oxygen atoms in total. The third kappa shape index (κ3) is 7.48. The molecule has 0 heterocycles. The average molecular weight is 280 g/mol. The van der Waals surface area contributed by atoms with Gasteiger partial charge in [-0.3, -0.25) is 0 Å². The predicted octanol–water partition coefficient (Wildman–Crippen LogP) is 1.75. The minimum absolute atomic E-state index is 0.301. The summed E-state index contributed by atoms with van der Waals surface area (Å²) in [5, 5.41) is 13.1. The molecule has 4 heteroatoms. The smallest absolute Gasteiger partial charge is 0.119 e. The van der Waals surface area contributed by atoms with E-state index in [1.165, 1.54) is 0 Å². The van der Waals surface area contributed by atoms with E-state index in [1.54, 1.807) is 0 Å². The molecule has 0 aromatic heterocycles. The molecule has 0 bridgehead atoms. The second-order valence-electron chi connectivity index (χ2n) is 4.86. The minimum atomic E-state index is -0.301. The maximum absolute atomic E-state index is 9.88. The topological polar surface area (TPSA) is 44.7 Å². The van der Waals surface area contributed by atoms with Gasteiger partial charge in [-0.1, -0.05) is 32.0 Å². The molecule has 0 amide bonds. The van der Waals surface area contributed by atoms with E-state index < -0.39 is 0 Å². The summed E-state index contributed by atoms with van der Waals surface area (Å²) >= 11 is 0. The number of aliphatic hydroxyl groups excluding tert-OH is 1.